The van der Waals surface area contributed by atoms with Gasteiger partial charge in [-0.15, -0.1) is 0 Å². The van der Waals surface area contributed by atoms with Gasteiger partial charge in [0.1, 0.15) is 5.75 Å². The Morgan fingerprint density at radius 2 is 2.05 bits per heavy atom. The molecule has 1 unspecified atom stereocenters. The van der Waals surface area contributed by atoms with Crippen LogP contribution in [0.1, 0.15) is 32.6 Å². The van der Waals surface area contributed by atoms with Crippen LogP contribution in [0.25, 0.3) is 0 Å². The fourth-order valence-electron chi connectivity index (χ4n) is 1.74. The molecule has 116 valence electrons. The molecular weight excluding hydrogens is 294 g/mol. The molecule has 0 aliphatic rings. The number of halogens is 1. The van der Waals surface area contributed by atoms with Gasteiger partial charge in [-0.25, -0.2) is 0 Å². The van der Waals surface area contributed by atoms with E-state index < -0.39 is 12.1 Å². The Morgan fingerprint density at radius 1 is 1.33 bits per heavy atom. The lowest BCUT2D eigenvalue weighted by atomic mass is 10.2. The Kier molecular flexibility index (Phi) is 7.61. The summed E-state index contributed by atoms with van der Waals surface area (Å²) in [5.41, 5.74) is 0. The van der Waals surface area contributed by atoms with Crippen LogP contribution in [-0.4, -0.2) is 29.6 Å². The molecule has 0 fully saturated rings. The highest BCUT2D eigenvalue weighted by molar-refractivity contribution is 6.32. The molecule has 0 radical (unpaired) electrons. The number of para-hydroxylation sites is 1. The average Bonchev–Trinajstić information content (AvgIpc) is 2.45. The third-order valence-electron chi connectivity index (χ3n) is 2.89. The van der Waals surface area contributed by atoms with E-state index in [1.807, 2.05) is 6.92 Å². The van der Waals surface area contributed by atoms with Crippen molar-refractivity contribution in [1.29, 1.82) is 0 Å². The third-order valence-corrected chi connectivity index (χ3v) is 3.20. The van der Waals surface area contributed by atoms with Gasteiger partial charge in [-0.3, -0.25) is 9.59 Å². The number of carbonyl (C=O) groups excluding carboxylic acids is 1. The summed E-state index contributed by atoms with van der Waals surface area (Å²) in [6.07, 6.45) is 1.19. The second kappa shape index (κ2) is 9.23. The molecule has 1 aromatic carbocycles. The minimum Gasteiger partial charge on any atom is -0.481 e. The molecule has 0 aliphatic carbocycles. The number of amides is 1. The van der Waals surface area contributed by atoms with Gasteiger partial charge in [-0.1, -0.05) is 30.7 Å². The van der Waals surface area contributed by atoms with Crippen LogP contribution in [0.4, 0.5) is 0 Å². The van der Waals surface area contributed by atoms with Crippen LogP contribution in [0, 0.1) is 0 Å². The van der Waals surface area contributed by atoms with Crippen LogP contribution in [-0.2, 0) is 9.59 Å². The Morgan fingerprint density at radius 3 is 2.67 bits per heavy atom. The second-order valence-electron chi connectivity index (χ2n) is 4.59. The van der Waals surface area contributed by atoms with E-state index in [9.17, 15) is 9.59 Å². The maximum atomic E-state index is 12.0. The molecule has 0 saturated carbocycles. The van der Waals surface area contributed by atoms with E-state index in [-0.39, 0.29) is 12.3 Å². The van der Waals surface area contributed by atoms with Gasteiger partial charge in [-0.2, -0.15) is 0 Å². The van der Waals surface area contributed by atoms with Crippen LogP contribution < -0.4 is 10.1 Å². The number of hydrogen-bond acceptors (Lipinski definition) is 3. The number of unbranched alkanes of at least 4 members (excludes halogenated alkanes) is 1. The third kappa shape index (κ3) is 6.49. The number of nitrogens with one attached hydrogen (secondary N) is 1. The number of benzene rings is 1. The van der Waals surface area contributed by atoms with Gasteiger partial charge in [-0.05, 0) is 31.4 Å². The highest BCUT2D eigenvalue weighted by atomic mass is 35.5. The number of ether oxygens (including phenoxy) is 1. The van der Waals surface area contributed by atoms with Gasteiger partial charge in [0.2, 0.25) is 0 Å². The number of hydrogen-bond donors (Lipinski definition) is 2. The van der Waals surface area contributed by atoms with Crippen molar-refractivity contribution in [3.63, 3.8) is 0 Å². The van der Waals surface area contributed by atoms with E-state index in [1.54, 1.807) is 24.3 Å². The fraction of sp³-hybridized carbons (Fsp3) is 0.467. The van der Waals surface area contributed by atoms with Gasteiger partial charge in [0.15, 0.2) is 6.10 Å². The van der Waals surface area contributed by atoms with Gasteiger partial charge >= 0.3 is 5.97 Å². The summed E-state index contributed by atoms with van der Waals surface area (Å²) < 4.78 is 5.61. The topological polar surface area (TPSA) is 75.6 Å². The minimum atomic E-state index is -0.824. The molecule has 0 heterocycles. The second-order valence-corrected chi connectivity index (χ2v) is 4.99. The van der Waals surface area contributed by atoms with E-state index >= 15 is 0 Å². The highest BCUT2D eigenvalue weighted by Gasteiger charge is 2.18. The maximum absolute atomic E-state index is 12.0. The first-order valence-corrected chi connectivity index (χ1v) is 7.33. The lowest BCUT2D eigenvalue weighted by Gasteiger charge is -2.18. The molecule has 5 nitrogen and oxygen atoms in total. The molecule has 0 spiro atoms. The van der Waals surface area contributed by atoms with Crippen LogP contribution in [0.15, 0.2) is 24.3 Å². The smallest absolute Gasteiger partial charge is 0.303 e. The van der Waals surface area contributed by atoms with Crippen molar-refractivity contribution in [1.82, 2.24) is 5.32 Å². The lowest BCUT2D eigenvalue weighted by Crippen LogP contribution is -2.38. The highest BCUT2D eigenvalue weighted by Crippen LogP contribution is 2.24. The van der Waals surface area contributed by atoms with E-state index in [0.29, 0.717) is 36.6 Å². The fourth-order valence-corrected chi connectivity index (χ4v) is 1.92. The van der Waals surface area contributed by atoms with Crippen molar-refractivity contribution < 1.29 is 19.4 Å². The Labute approximate surface area is 129 Å². The molecule has 0 saturated heterocycles. The first-order chi connectivity index (χ1) is 10.0. The van der Waals surface area contributed by atoms with Gasteiger partial charge in [0, 0.05) is 13.0 Å². The quantitative estimate of drug-likeness (QED) is 0.687. The van der Waals surface area contributed by atoms with Crippen LogP contribution >= 0.6 is 11.6 Å². The van der Waals surface area contributed by atoms with Gasteiger partial charge in [0.05, 0.1) is 5.02 Å². The zero-order chi connectivity index (χ0) is 15.7. The van der Waals surface area contributed by atoms with E-state index in [2.05, 4.69) is 5.32 Å². The number of aliphatic carboxylic acids is 1. The summed E-state index contributed by atoms with van der Waals surface area (Å²) in [6, 6.07) is 6.99. The summed E-state index contributed by atoms with van der Waals surface area (Å²) >= 11 is 5.99. The van der Waals surface area contributed by atoms with Crippen LogP contribution in [0.2, 0.25) is 5.02 Å². The first kappa shape index (κ1) is 17.3. The Hall–Kier alpha value is -1.75. The van der Waals surface area contributed by atoms with Crippen molar-refractivity contribution in [2.24, 2.45) is 0 Å². The minimum absolute atomic E-state index is 0.114. The van der Waals surface area contributed by atoms with Crippen molar-refractivity contribution in [2.45, 2.75) is 38.7 Å². The molecule has 2 N–H and O–H groups in total. The molecule has 21 heavy (non-hydrogen) atoms. The zero-order valence-corrected chi connectivity index (χ0v) is 12.7. The molecule has 0 bridgehead atoms. The van der Waals surface area contributed by atoms with Crippen molar-refractivity contribution in [3.8, 4) is 5.75 Å². The van der Waals surface area contributed by atoms with Gasteiger partial charge < -0.3 is 15.2 Å². The predicted molar refractivity (Wildman–Crippen MR) is 80.7 cm³/mol. The molecule has 0 aliphatic heterocycles. The number of carboxylic acids is 1. The largest absolute Gasteiger partial charge is 0.481 e. The van der Waals surface area contributed by atoms with Crippen molar-refractivity contribution in [3.05, 3.63) is 29.3 Å². The maximum Gasteiger partial charge on any atom is 0.303 e. The lowest BCUT2D eigenvalue weighted by molar-refractivity contribution is -0.137. The molecular formula is C15H20ClNO4. The summed E-state index contributed by atoms with van der Waals surface area (Å²) in [5, 5.41) is 11.7. The van der Waals surface area contributed by atoms with E-state index in [0.717, 1.165) is 0 Å². The molecule has 6 heteroatoms. The number of carbonyl (C=O) groups is 2. The summed E-state index contributed by atoms with van der Waals surface area (Å²) in [6.45, 7) is 2.29. The summed E-state index contributed by atoms with van der Waals surface area (Å²) in [5.74, 6) is -0.561. The molecule has 1 aromatic rings. The Bertz CT molecular complexity index is 478. The Balaban J connectivity index is 2.39. The van der Waals surface area contributed by atoms with Crippen LogP contribution in [0.5, 0.6) is 5.75 Å². The van der Waals surface area contributed by atoms with Crippen molar-refractivity contribution in [2.75, 3.05) is 6.54 Å². The SMILES string of the molecule is CCC(Oc1ccccc1Cl)C(=O)NCCCCC(=O)O. The van der Waals surface area contributed by atoms with Crippen LogP contribution in [0.3, 0.4) is 0 Å². The first-order valence-electron chi connectivity index (χ1n) is 6.95. The van der Waals surface area contributed by atoms with Gasteiger partial charge in [0.25, 0.3) is 5.91 Å². The number of carboxylic acid groups (broad SMARTS) is 1. The molecule has 1 amide bonds. The molecule has 1 rings (SSSR count). The van der Waals surface area contributed by atoms with Crippen molar-refractivity contribution >= 4 is 23.5 Å². The monoisotopic (exact) mass is 313 g/mol. The average molecular weight is 314 g/mol. The standard InChI is InChI=1S/C15H20ClNO4/c1-2-12(21-13-8-4-3-7-11(13)16)15(20)17-10-6-5-9-14(18)19/h3-4,7-8,12H,2,5-6,9-10H2,1H3,(H,17,20)(H,18,19). The predicted octanol–water partition coefficient (Wildman–Crippen LogP) is 2.87. The normalized spacial score (nSPS) is 11.7. The van der Waals surface area contributed by atoms with E-state index in [1.165, 1.54) is 0 Å². The summed E-state index contributed by atoms with van der Waals surface area (Å²) in [7, 11) is 0. The molecule has 1 atom stereocenters. The van der Waals surface area contributed by atoms with E-state index in [4.69, 9.17) is 21.4 Å². The molecule has 0 aromatic heterocycles. The summed E-state index contributed by atoms with van der Waals surface area (Å²) in [4.78, 5) is 22.4. The number of rotatable bonds is 9. The zero-order valence-electron chi connectivity index (χ0n) is 12.0.